The van der Waals surface area contributed by atoms with Crippen molar-refractivity contribution in [1.29, 1.82) is 0 Å². The van der Waals surface area contributed by atoms with Crippen molar-refractivity contribution in [2.24, 2.45) is 23.7 Å². The molecule has 0 aromatic rings. The second kappa shape index (κ2) is 7.49. The van der Waals surface area contributed by atoms with Crippen molar-refractivity contribution in [3.8, 4) is 0 Å². The molecule has 0 saturated heterocycles. The molecule has 0 heterocycles. The molecule has 18 heavy (non-hydrogen) atoms. The van der Waals surface area contributed by atoms with Crippen LogP contribution in [0.1, 0.15) is 67.2 Å². The summed E-state index contributed by atoms with van der Waals surface area (Å²) in [5.41, 5.74) is 0. The first-order chi connectivity index (χ1) is 8.40. The van der Waals surface area contributed by atoms with E-state index >= 15 is 0 Å². The van der Waals surface area contributed by atoms with E-state index in [2.05, 4.69) is 41.5 Å². The number of rotatable bonds is 6. The molecule has 1 fully saturated rings. The molecule has 0 amide bonds. The van der Waals surface area contributed by atoms with Gasteiger partial charge in [0.15, 0.2) is 0 Å². The van der Waals surface area contributed by atoms with Crippen LogP contribution in [0.25, 0.3) is 0 Å². The zero-order chi connectivity index (χ0) is 13.7. The minimum Gasteiger partial charge on any atom is -0.233 e. The zero-order valence-electron chi connectivity index (χ0n) is 13.1. The van der Waals surface area contributed by atoms with Crippen LogP contribution in [0.4, 0.5) is 0 Å². The summed E-state index contributed by atoms with van der Waals surface area (Å²) >= 11 is 0. The van der Waals surface area contributed by atoms with E-state index < -0.39 is 0 Å². The molecule has 108 valence electrons. The Hall–Kier alpha value is -0.0800. The monoisotopic (exact) mass is 256 g/mol. The Labute approximate surface area is 113 Å². The molecule has 0 radical (unpaired) electrons. The number of hydrogen-bond donors (Lipinski definition) is 0. The Morgan fingerprint density at radius 1 is 1.06 bits per heavy atom. The predicted octanol–water partition coefficient (Wildman–Crippen LogP) is 4.83. The first-order valence-electron chi connectivity index (χ1n) is 7.72. The van der Waals surface area contributed by atoms with Gasteiger partial charge in [-0.2, -0.15) is 0 Å². The molecular weight excluding hydrogens is 224 g/mol. The SMILES string of the molecule is CC(C)CC(C)OOC1CC(C)CCC1C(C)C. The van der Waals surface area contributed by atoms with E-state index in [4.69, 9.17) is 9.78 Å². The van der Waals surface area contributed by atoms with Gasteiger partial charge in [-0.1, -0.05) is 41.0 Å². The maximum atomic E-state index is 5.79. The van der Waals surface area contributed by atoms with Crippen molar-refractivity contribution in [2.45, 2.75) is 79.4 Å². The quantitative estimate of drug-likeness (QED) is 0.500. The molecule has 0 N–H and O–H groups in total. The van der Waals surface area contributed by atoms with E-state index in [9.17, 15) is 0 Å². The second-order valence-corrected chi connectivity index (χ2v) is 7.00. The third kappa shape index (κ3) is 5.27. The molecule has 1 saturated carbocycles. The average molecular weight is 256 g/mol. The van der Waals surface area contributed by atoms with Crippen LogP contribution in [0.5, 0.6) is 0 Å². The molecule has 2 heteroatoms. The highest BCUT2D eigenvalue weighted by molar-refractivity contribution is 4.80. The van der Waals surface area contributed by atoms with Gasteiger partial charge < -0.3 is 0 Å². The lowest BCUT2D eigenvalue weighted by molar-refractivity contribution is -0.364. The summed E-state index contributed by atoms with van der Waals surface area (Å²) in [5, 5.41) is 0. The van der Waals surface area contributed by atoms with E-state index in [1.165, 1.54) is 12.8 Å². The van der Waals surface area contributed by atoms with Crippen LogP contribution in [-0.4, -0.2) is 12.2 Å². The highest BCUT2D eigenvalue weighted by Crippen LogP contribution is 2.35. The van der Waals surface area contributed by atoms with Crippen molar-refractivity contribution in [3.05, 3.63) is 0 Å². The van der Waals surface area contributed by atoms with E-state index in [0.717, 1.165) is 18.8 Å². The molecule has 2 nitrogen and oxygen atoms in total. The normalized spacial score (nSPS) is 31.0. The molecular formula is C16H32O2. The average Bonchev–Trinajstić information content (AvgIpc) is 2.25. The molecule has 0 bridgehead atoms. The van der Waals surface area contributed by atoms with Crippen LogP contribution in [0.15, 0.2) is 0 Å². The molecule has 0 aromatic carbocycles. The van der Waals surface area contributed by atoms with E-state index in [1.54, 1.807) is 0 Å². The summed E-state index contributed by atoms with van der Waals surface area (Å²) in [4.78, 5) is 11.4. The van der Waals surface area contributed by atoms with Gasteiger partial charge in [0, 0.05) is 0 Å². The van der Waals surface area contributed by atoms with E-state index in [0.29, 0.717) is 23.9 Å². The zero-order valence-corrected chi connectivity index (χ0v) is 13.1. The molecule has 0 aromatic heterocycles. The van der Waals surface area contributed by atoms with E-state index in [-0.39, 0.29) is 6.10 Å². The van der Waals surface area contributed by atoms with Crippen molar-refractivity contribution in [1.82, 2.24) is 0 Å². The molecule has 0 aliphatic heterocycles. The Morgan fingerprint density at radius 3 is 2.28 bits per heavy atom. The Kier molecular flexibility index (Phi) is 6.65. The summed E-state index contributed by atoms with van der Waals surface area (Å²) in [6, 6.07) is 0. The van der Waals surface area contributed by atoms with Crippen molar-refractivity contribution < 1.29 is 9.78 Å². The molecule has 1 aliphatic carbocycles. The summed E-state index contributed by atoms with van der Waals surface area (Å²) in [5.74, 6) is 2.78. The largest absolute Gasteiger partial charge is 0.233 e. The molecule has 1 aliphatic rings. The van der Waals surface area contributed by atoms with Crippen LogP contribution in [0.3, 0.4) is 0 Å². The Balaban J connectivity index is 2.41. The van der Waals surface area contributed by atoms with Crippen LogP contribution in [0.2, 0.25) is 0 Å². The van der Waals surface area contributed by atoms with Gasteiger partial charge in [0.2, 0.25) is 0 Å². The Bertz CT molecular complexity index is 225. The topological polar surface area (TPSA) is 18.5 Å². The molecule has 4 unspecified atom stereocenters. The fourth-order valence-electron chi connectivity index (χ4n) is 3.09. The lowest BCUT2D eigenvalue weighted by Crippen LogP contribution is -2.35. The van der Waals surface area contributed by atoms with Crippen molar-refractivity contribution >= 4 is 0 Å². The lowest BCUT2D eigenvalue weighted by atomic mass is 9.75. The molecule has 0 spiro atoms. The first-order valence-corrected chi connectivity index (χ1v) is 7.72. The molecule has 4 atom stereocenters. The van der Waals surface area contributed by atoms with Gasteiger partial charge in [0.25, 0.3) is 0 Å². The van der Waals surface area contributed by atoms with Gasteiger partial charge in [0.05, 0.1) is 12.2 Å². The summed E-state index contributed by atoms with van der Waals surface area (Å²) in [6.45, 7) is 13.5. The fraction of sp³-hybridized carbons (Fsp3) is 1.00. The summed E-state index contributed by atoms with van der Waals surface area (Å²) < 4.78 is 0. The van der Waals surface area contributed by atoms with Crippen molar-refractivity contribution in [2.75, 3.05) is 0 Å². The second-order valence-electron chi connectivity index (χ2n) is 7.00. The van der Waals surface area contributed by atoms with Gasteiger partial charge in [-0.25, -0.2) is 9.78 Å². The Morgan fingerprint density at radius 2 is 1.72 bits per heavy atom. The van der Waals surface area contributed by atoms with Gasteiger partial charge in [-0.05, 0) is 49.9 Å². The molecule has 1 rings (SSSR count). The standard InChI is InChI=1S/C16H32O2/c1-11(2)9-14(6)17-18-16-10-13(5)7-8-15(16)12(3)4/h11-16H,7-10H2,1-6H3. The maximum absolute atomic E-state index is 5.79. The third-order valence-corrected chi connectivity index (χ3v) is 4.11. The minimum absolute atomic E-state index is 0.204. The smallest absolute Gasteiger partial charge is 0.0963 e. The van der Waals surface area contributed by atoms with Gasteiger partial charge in [0.1, 0.15) is 0 Å². The number of hydrogen-bond acceptors (Lipinski definition) is 2. The maximum Gasteiger partial charge on any atom is 0.0963 e. The highest BCUT2D eigenvalue weighted by Gasteiger charge is 2.32. The lowest BCUT2D eigenvalue weighted by Gasteiger charge is -2.36. The van der Waals surface area contributed by atoms with Crippen LogP contribution < -0.4 is 0 Å². The van der Waals surface area contributed by atoms with Crippen LogP contribution >= 0.6 is 0 Å². The minimum atomic E-state index is 0.204. The third-order valence-electron chi connectivity index (χ3n) is 4.11. The fourth-order valence-corrected chi connectivity index (χ4v) is 3.09. The van der Waals surface area contributed by atoms with Crippen LogP contribution in [0, 0.1) is 23.7 Å². The highest BCUT2D eigenvalue weighted by atomic mass is 17.2. The first kappa shape index (κ1) is 16.0. The summed E-state index contributed by atoms with van der Waals surface area (Å²) in [6.07, 6.45) is 5.33. The van der Waals surface area contributed by atoms with Crippen LogP contribution in [-0.2, 0) is 9.78 Å². The van der Waals surface area contributed by atoms with Gasteiger partial charge in [-0.15, -0.1) is 0 Å². The van der Waals surface area contributed by atoms with E-state index in [1.807, 2.05) is 0 Å². The van der Waals surface area contributed by atoms with Crippen molar-refractivity contribution in [3.63, 3.8) is 0 Å². The predicted molar refractivity (Wildman–Crippen MR) is 76.2 cm³/mol. The van der Waals surface area contributed by atoms with Gasteiger partial charge >= 0.3 is 0 Å². The van der Waals surface area contributed by atoms with Gasteiger partial charge in [-0.3, -0.25) is 0 Å². The summed E-state index contributed by atoms with van der Waals surface area (Å²) in [7, 11) is 0.